The molecular weight excluding hydrogens is 352 g/mol. The minimum absolute atomic E-state index is 0.368. The van der Waals surface area contributed by atoms with Crippen molar-refractivity contribution in [3.05, 3.63) is 64.6 Å². The summed E-state index contributed by atoms with van der Waals surface area (Å²) in [6, 6.07) is 15.3. The number of carbonyl (C=O) groups excluding carboxylic acids is 1. The Balaban J connectivity index is 0.000000191. The van der Waals surface area contributed by atoms with E-state index in [0.717, 1.165) is 4.47 Å². The molecule has 100 valence electrons. The quantitative estimate of drug-likeness (QED) is 0.658. The van der Waals surface area contributed by atoms with Crippen LogP contribution in [0, 0.1) is 0 Å². The molecule has 0 aromatic heterocycles. The number of hydrogen-bond acceptors (Lipinski definition) is 3. The van der Waals surface area contributed by atoms with Crippen LogP contribution in [-0.4, -0.2) is 13.7 Å². The molecule has 0 aliphatic heterocycles. The zero-order chi connectivity index (χ0) is 14.3. The van der Waals surface area contributed by atoms with Gasteiger partial charge in [-0.05, 0) is 35.9 Å². The molecule has 0 amide bonds. The second-order valence-corrected chi connectivity index (χ2v) is 5.57. The standard InChI is InChI=1S/C7H4BrClO.C6H6O2S/c8-6-4-2-1-3-5(6)7(9)10;7-9(8)6-4-2-1-3-5-6/h1-4H;1-5,9H. The van der Waals surface area contributed by atoms with Gasteiger partial charge >= 0.3 is 0 Å². The van der Waals surface area contributed by atoms with Gasteiger partial charge in [0.05, 0.1) is 4.90 Å². The first-order valence-electron chi connectivity index (χ1n) is 5.16. The Kier molecular flexibility index (Phi) is 6.77. The Hall–Kier alpha value is -1.17. The van der Waals surface area contributed by atoms with Crippen LogP contribution >= 0.6 is 27.5 Å². The number of halogens is 2. The van der Waals surface area contributed by atoms with Crippen molar-refractivity contribution in [2.75, 3.05) is 0 Å². The fourth-order valence-corrected chi connectivity index (χ4v) is 2.33. The van der Waals surface area contributed by atoms with Crippen molar-refractivity contribution in [2.24, 2.45) is 0 Å². The number of carbonyl (C=O) groups is 1. The highest BCUT2D eigenvalue weighted by molar-refractivity contribution is 9.10. The molecule has 0 saturated carbocycles. The fraction of sp³-hybridized carbons (Fsp3) is 0. The molecule has 0 aliphatic carbocycles. The van der Waals surface area contributed by atoms with Crippen molar-refractivity contribution in [3.63, 3.8) is 0 Å². The Labute approximate surface area is 126 Å². The van der Waals surface area contributed by atoms with E-state index in [1.807, 2.05) is 6.07 Å². The lowest BCUT2D eigenvalue weighted by atomic mass is 10.2. The molecule has 0 aliphatic rings. The molecule has 2 aromatic rings. The minimum atomic E-state index is -2.40. The van der Waals surface area contributed by atoms with Gasteiger partial charge in [-0.25, -0.2) is 8.42 Å². The zero-order valence-corrected chi connectivity index (χ0v) is 12.9. The monoisotopic (exact) mass is 360 g/mol. The Morgan fingerprint density at radius 2 is 1.47 bits per heavy atom. The van der Waals surface area contributed by atoms with Gasteiger partial charge in [0.25, 0.3) is 5.24 Å². The van der Waals surface area contributed by atoms with Crippen LogP contribution in [0.4, 0.5) is 0 Å². The molecule has 0 N–H and O–H groups in total. The van der Waals surface area contributed by atoms with Gasteiger partial charge in [-0.1, -0.05) is 46.3 Å². The van der Waals surface area contributed by atoms with Crippen LogP contribution in [-0.2, 0) is 10.7 Å². The highest BCUT2D eigenvalue weighted by atomic mass is 79.9. The van der Waals surface area contributed by atoms with Crippen LogP contribution in [0.15, 0.2) is 64.0 Å². The van der Waals surface area contributed by atoms with Gasteiger partial charge in [0.1, 0.15) is 0 Å². The van der Waals surface area contributed by atoms with Crippen molar-refractivity contribution in [1.82, 2.24) is 0 Å². The number of hydrogen-bond donors (Lipinski definition) is 1. The maximum absolute atomic E-state index is 10.6. The van der Waals surface area contributed by atoms with Gasteiger partial charge in [0.15, 0.2) is 10.7 Å². The highest BCUT2D eigenvalue weighted by Crippen LogP contribution is 2.17. The predicted octanol–water partition coefficient (Wildman–Crippen LogP) is 3.49. The van der Waals surface area contributed by atoms with E-state index in [1.165, 1.54) is 0 Å². The summed E-state index contributed by atoms with van der Waals surface area (Å²) in [4.78, 5) is 11.0. The number of thiol groups is 1. The Morgan fingerprint density at radius 1 is 0.947 bits per heavy atom. The Bertz CT molecular complexity index is 619. The summed E-state index contributed by atoms with van der Waals surface area (Å²) in [7, 11) is -2.40. The smallest absolute Gasteiger partial charge is 0.253 e. The van der Waals surface area contributed by atoms with Crippen molar-refractivity contribution in [3.8, 4) is 0 Å². The second-order valence-electron chi connectivity index (χ2n) is 3.35. The van der Waals surface area contributed by atoms with Crippen LogP contribution in [0.25, 0.3) is 0 Å². The maximum Gasteiger partial charge on any atom is 0.253 e. The molecule has 0 radical (unpaired) electrons. The van der Waals surface area contributed by atoms with Crippen LogP contribution < -0.4 is 0 Å². The van der Waals surface area contributed by atoms with Crippen molar-refractivity contribution < 1.29 is 13.2 Å². The van der Waals surface area contributed by atoms with Crippen molar-refractivity contribution >= 4 is 43.5 Å². The van der Waals surface area contributed by atoms with Crippen LogP contribution in [0.3, 0.4) is 0 Å². The molecule has 2 rings (SSSR count). The third-order valence-corrected chi connectivity index (χ3v) is 3.67. The molecule has 0 heterocycles. The van der Waals surface area contributed by atoms with E-state index in [2.05, 4.69) is 15.9 Å². The summed E-state index contributed by atoms with van der Waals surface area (Å²) in [5.74, 6) is 0. The van der Waals surface area contributed by atoms with Gasteiger partial charge in [0, 0.05) is 10.0 Å². The predicted molar refractivity (Wildman–Crippen MR) is 79.3 cm³/mol. The molecular formula is C13H10BrClO3S. The van der Waals surface area contributed by atoms with Gasteiger partial charge < -0.3 is 0 Å². The second kappa shape index (κ2) is 8.09. The average Bonchev–Trinajstić information content (AvgIpc) is 2.40. The van der Waals surface area contributed by atoms with E-state index in [-0.39, 0.29) is 0 Å². The molecule has 2 aromatic carbocycles. The molecule has 19 heavy (non-hydrogen) atoms. The molecule has 0 saturated heterocycles. The topological polar surface area (TPSA) is 51.2 Å². The number of benzene rings is 2. The van der Waals surface area contributed by atoms with Crippen LogP contribution in [0.1, 0.15) is 10.4 Å². The van der Waals surface area contributed by atoms with Gasteiger partial charge in [0.2, 0.25) is 0 Å². The third kappa shape index (κ3) is 5.55. The molecule has 0 bridgehead atoms. The molecule has 0 spiro atoms. The van der Waals surface area contributed by atoms with Gasteiger partial charge in [-0.2, -0.15) is 0 Å². The lowest BCUT2D eigenvalue weighted by Gasteiger charge is -1.94. The third-order valence-electron chi connectivity index (χ3n) is 2.05. The summed E-state index contributed by atoms with van der Waals surface area (Å²) in [6.45, 7) is 0. The SMILES string of the molecule is O=C(Cl)c1ccccc1Br.O=[SH](=O)c1ccccc1. The lowest BCUT2D eigenvalue weighted by molar-refractivity contribution is 0.108. The van der Waals surface area contributed by atoms with Crippen molar-refractivity contribution in [2.45, 2.75) is 4.90 Å². The van der Waals surface area contributed by atoms with Gasteiger partial charge in [-0.3, -0.25) is 4.79 Å². The largest absolute Gasteiger partial charge is 0.276 e. The number of rotatable bonds is 2. The first-order chi connectivity index (χ1) is 9.02. The molecule has 0 unspecified atom stereocenters. The summed E-state index contributed by atoms with van der Waals surface area (Å²) < 4.78 is 21.2. The van der Waals surface area contributed by atoms with Crippen LogP contribution in [0.5, 0.6) is 0 Å². The molecule has 3 nitrogen and oxygen atoms in total. The lowest BCUT2D eigenvalue weighted by Crippen LogP contribution is -1.88. The van der Waals surface area contributed by atoms with Crippen LogP contribution in [0.2, 0.25) is 0 Å². The summed E-state index contributed by atoms with van der Waals surface area (Å²) in [6.07, 6.45) is 0. The average molecular weight is 362 g/mol. The van der Waals surface area contributed by atoms with Gasteiger partial charge in [-0.15, -0.1) is 0 Å². The highest BCUT2D eigenvalue weighted by Gasteiger charge is 2.03. The zero-order valence-electron chi connectivity index (χ0n) is 9.62. The maximum atomic E-state index is 10.6. The first-order valence-corrected chi connectivity index (χ1v) is 7.51. The van der Waals surface area contributed by atoms with E-state index in [1.54, 1.807) is 48.5 Å². The Morgan fingerprint density at radius 3 is 1.84 bits per heavy atom. The molecule has 6 heteroatoms. The van der Waals surface area contributed by atoms with E-state index in [0.29, 0.717) is 10.5 Å². The van der Waals surface area contributed by atoms with E-state index in [9.17, 15) is 13.2 Å². The molecule has 0 atom stereocenters. The van der Waals surface area contributed by atoms with Crippen molar-refractivity contribution in [1.29, 1.82) is 0 Å². The summed E-state index contributed by atoms with van der Waals surface area (Å²) in [5.41, 5.74) is 0.504. The minimum Gasteiger partial charge on any atom is -0.276 e. The molecule has 0 fully saturated rings. The first kappa shape index (κ1) is 15.9. The normalized spacial score (nSPS) is 9.63. The summed E-state index contributed by atoms with van der Waals surface area (Å²) >= 11 is 8.43. The summed E-state index contributed by atoms with van der Waals surface area (Å²) in [5, 5.41) is -0.438. The van der Waals surface area contributed by atoms with E-state index in [4.69, 9.17) is 11.6 Å². The van der Waals surface area contributed by atoms with E-state index < -0.39 is 15.9 Å². The fourth-order valence-electron chi connectivity index (χ4n) is 1.17. The van der Waals surface area contributed by atoms with E-state index >= 15 is 0 Å².